The van der Waals surface area contributed by atoms with Crippen molar-refractivity contribution in [3.05, 3.63) is 46.1 Å². The number of hydrogen-bond acceptors (Lipinski definition) is 4. The van der Waals surface area contributed by atoms with Crippen LogP contribution in [0.25, 0.3) is 11.4 Å². The number of nitrogens with zero attached hydrogens (tertiary/aromatic N) is 2. The van der Waals surface area contributed by atoms with E-state index in [1.54, 1.807) is 12.4 Å². The van der Waals surface area contributed by atoms with Gasteiger partial charge in [0.15, 0.2) is 0 Å². The molecule has 0 saturated carbocycles. The number of H-pyrrole nitrogens is 1. The van der Waals surface area contributed by atoms with Gasteiger partial charge in [0.1, 0.15) is 5.82 Å². The van der Waals surface area contributed by atoms with Gasteiger partial charge in [-0.15, -0.1) is 0 Å². The van der Waals surface area contributed by atoms with Crippen molar-refractivity contribution in [3.63, 3.8) is 0 Å². The van der Waals surface area contributed by atoms with Crippen LogP contribution >= 0.6 is 0 Å². The Bertz CT molecular complexity index is 562. The standard InChI is InChI=1S/C11H12N4O/c1-7-2-3-13-6-9(7)10-14-5-8(4-12)11(16)15-10/h2-3,5-6H,4,12H2,1H3,(H,14,15,16). The van der Waals surface area contributed by atoms with E-state index in [1.807, 2.05) is 13.0 Å². The molecule has 5 nitrogen and oxygen atoms in total. The van der Waals surface area contributed by atoms with E-state index in [9.17, 15) is 4.79 Å². The highest BCUT2D eigenvalue weighted by molar-refractivity contribution is 5.57. The lowest BCUT2D eigenvalue weighted by Crippen LogP contribution is -2.17. The van der Waals surface area contributed by atoms with Gasteiger partial charge in [-0.25, -0.2) is 4.98 Å². The van der Waals surface area contributed by atoms with Crippen LogP contribution < -0.4 is 11.3 Å². The minimum Gasteiger partial charge on any atom is -0.326 e. The molecule has 2 aromatic rings. The number of nitrogens with two attached hydrogens (primary N) is 1. The number of pyridine rings is 1. The summed E-state index contributed by atoms with van der Waals surface area (Å²) in [5, 5.41) is 0. The molecular weight excluding hydrogens is 204 g/mol. The first kappa shape index (κ1) is 10.5. The highest BCUT2D eigenvalue weighted by Gasteiger charge is 2.05. The van der Waals surface area contributed by atoms with Crippen LogP contribution in [0.15, 0.2) is 29.5 Å². The maximum absolute atomic E-state index is 11.6. The molecule has 2 heterocycles. The van der Waals surface area contributed by atoms with Crippen LogP contribution in [-0.2, 0) is 6.54 Å². The first-order valence-electron chi connectivity index (χ1n) is 4.91. The molecule has 0 saturated heterocycles. The number of aromatic nitrogens is 3. The summed E-state index contributed by atoms with van der Waals surface area (Å²) >= 11 is 0. The zero-order chi connectivity index (χ0) is 11.5. The van der Waals surface area contributed by atoms with E-state index in [2.05, 4.69) is 15.0 Å². The zero-order valence-electron chi connectivity index (χ0n) is 8.90. The van der Waals surface area contributed by atoms with Crippen LogP contribution in [0.2, 0.25) is 0 Å². The SMILES string of the molecule is Cc1ccncc1-c1ncc(CN)c(=O)[nH]1. The lowest BCUT2D eigenvalue weighted by Gasteiger charge is -2.04. The van der Waals surface area contributed by atoms with E-state index in [0.29, 0.717) is 11.4 Å². The Morgan fingerprint density at radius 1 is 1.44 bits per heavy atom. The van der Waals surface area contributed by atoms with Crippen molar-refractivity contribution >= 4 is 0 Å². The van der Waals surface area contributed by atoms with Crippen molar-refractivity contribution < 1.29 is 0 Å². The average Bonchev–Trinajstić information content (AvgIpc) is 2.29. The van der Waals surface area contributed by atoms with Gasteiger partial charge in [-0.1, -0.05) is 0 Å². The van der Waals surface area contributed by atoms with Crippen molar-refractivity contribution in [1.29, 1.82) is 0 Å². The Balaban J connectivity index is 2.54. The van der Waals surface area contributed by atoms with E-state index >= 15 is 0 Å². The van der Waals surface area contributed by atoms with Gasteiger partial charge in [-0.3, -0.25) is 9.78 Å². The Morgan fingerprint density at radius 2 is 2.25 bits per heavy atom. The molecule has 0 radical (unpaired) electrons. The Morgan fingerprint density at radius 3 is 2.88 bits per heavy atom. The lowest BCUT2D eigenvalue weighted by atomic mass is 10.1. The van der Waals surface area contributed by atoms with Crippen LogP contribution in [0.3, 0.4) is 0 Å². The summed E-state index contributed by atoms with van der Waals surface area (Å²) in [6.45, 7) is 2.13. The molecule has 16 heavy (non-hydrogen) atoms. The molecule has 2 aromatic heterocycles. The third-order valence-electron chi connectivity index (χ3n) is 2.39. The fourth-order valence-electron chi connectivity index (χ4n) is 1.42. The van der Waals surface area contributed by atoms with Crippen molar-refractivity contribution in [3.8, 4) is 11.4 Å². The van der Waals surface area contributed by atoms with E-state index in [0.717, 1.165) is 11.1 Å². The number of hydrogen-bond donors (Lipinski definition) is 2. The van der Waals surface area contributed by atoms with Gasteiger partial charge in [-0.2, -0.15) is 0 Å². The van der Waals surface area contributed by atoms with E-state index in [4.69, 9.17) is 5.73 Å². The second-order valence-corrected chi connectivity index (χ2v) is 3.48. The second kappa shape index (κ2) is 4.24. The number of nitrogens with one attached hydrogen (secondary N) is 1. The van der Waals surface area contributed by atoms with Crippen molar-refractivity contribution in [2.24, 2.45) is 5.73 Å². The third kappa shape index (κ3) is 1.85. The van der Waals surface area contributed by atoms with Gasteiger partial charge in [0.05, 0.1) is 0 Å². The minimum absolute atomic E-state index is 0.189. The molecule has 0 bridgehead atoms. The molecule has 0 aliphatic heterocycles. The molecular formula is C11H12N4O. The topological polar surface area (TPSA) is 84.7 Å². The fraction of sp³-hybridized carbons (Fsp3) is 0.182. The maximum atomic E-state index is 11.6. The summed E-state index contributed by atoms with van der Waals surface area (Å²) in [5.74, 6) is 0.521. The van der Waals surface area contributed by atoms with E-state index < -0.39 is 0 Å². The maximum Gasteiger partial charge on any atom is 0.255 e. The van der Waals surface area contributed by atoms with Gasteiger partial charge in [-0.05, 0) is 18.6 Å². The summed E-state index contributed by atoms with van der Waals surface area (Å²) in [4.78, 5) is 22.4. The molecule has 3 N–H and O–H groups in total. The summed E-state index contributed by atoms with van der Waals surface area (Å²) in [5.41, 5.74) is 7.51. The van der Waals surface area contributed by atoms with Gasteiger partial charge in [0.2, 0.25) is 0 Å². The Kier molecular flexibility index (Phi) is 2.78. The molecule has 0 atom stereocenters. The Hall–Kier alpha value is -2.01. The number of aromatic amines is 1. The van der Waals surface area contributed by atoms with Crippen molar-refractivity contribution in [2.45, 2.75) is 13.5 Å². The number of rotatable bonds is 2. The molecule has 5 heteroatoms. The predicted octanol–water partition coefficient (Wildman–Crippen LogP) is 0.599. The molecule has 2 rings (SSSR count). The first-order valence-corrected chi connectivity index (χ1v) is 4.91. The molecule has 0 aliphatic rings. The van der Waals surface area contributed by atoms with Gasteiger partial charge in [0.25, 0.3) is 5.56 Å². The van der Waals surface area contributed by atoms with Crippen LogP contribution in [0.1, 0.15) is 11.1 Å². The molecule has 82 valence electrons. The highest BCUT2D eigenvalue weighted by atomic mass is 16.1. The molecule has 0 aromatic carbocycles. The molecule has 0 amide bonds. The van der Waals surface area contributed by atoms with Crippen molar-refractivity contribution in [1.82, 2.24) is 15.0 Å². The summed E-state index contributed by atoms with van der Waals surface area (Å²) in [6, 6.07) is 1.87. The molecule has 0 spiro atoms. The third-order valence-corrected chi connectivity index (χ3v) is 2.39. The molecule has 0 fully saturated rings. The van der Waals surface area contributed by atoms with Crippen LogP contribution in [0.4, 0.5) is 0 Å². The van der Waals surface area contributed by atoms with Gasteiger partial charge >= 0.3 is 0 Å². The minimum atomic E-state index is -0.198. The lowest BCUT2D eigenvalue weighted by molar-refractivity contribution is 0.977. The summed E-state index contributed by atoms with van der Waals surface area (Å²) < 4.78 is 0. The molecule has 0 aliphatic carbocycles. The summed E-state index contributed by atoms with van der Waals surface area (Å²) in [6.07, 6.45) is 4.88. The fourth-order valence-corrected chi connectivity index (χ4v) is 1.42. The first-order chi connectivity index (χ1) is 7.72. The average molecular weight is 216 g/mol. The van der Waals surface area contributed by atoms with Crippen LogP contribution in [0.5, 0.6) is 0 Å². The van der Waals surface area contributed by atoms with Gasteiger partial charge < -0.3 is 10.7 Å². The number of aryl methyl sites for hydroxylation is 1. The predicted molar refractivity (Wildman–Crippen MR) is 60.7 cm³/mol. The van der Waals surface area contributed by atoms with Crippen molar-refractivity contribution in [2.75, 3.05) is 0 Å². The monoisotopic (exact) mass is 216 g/mol. The van der Waals surface area contributed by atoms with Crippen LogP contribution in [0, 0.1) is 6.92 Å². The van der Waals surface area contributed by atoms with Gasteiger partial charge in [0, 0.05) is 36.3 Å². The highest BCUT2D eigenvalue weighted by Crippen LogP contribution is 2.16. The van der Waals surface area contributed by atoms with E-state index in [-0.39, 0.29) is 12.1 Å². The normalized spacial score (nSPS) is 10.4. The molecule has 0 unspecified atom stereocenters. The second-order valence-electron chi connectivity index (χ2n) is 3.48. The Labute approximate surface area is 92.4 Å². The zero-order valence-corrected chi connectivity index (χ0v) is 8.90. The van der Waals surface area contributed by atoms with E-state index in [1.165, 1.54) is 6.20 Å². The summed E-state index contributed by atoms with van der Waals surface area (Å²) in [7, 11) is 0. The smallest absolute Gasteiger partial charge is 0.255 e. The largest absolute Gasteiger partial charge is 0.326 e. The quantitative estimate of drug-likeness (QED) is 0.769. The van der Waals surface area contributed by atoms with Crippen LogP contribution in [-0.4, -0.2) is 15.0 Å².